The first-order chi connectivity index (χ1) is 9.09. The molecule has 0 aromatic heterocycles. The lowest BCUT2D eigenvalue weighted by Gasteiger charge is -2.61. The summed E-state index contributed by atoms with van der Waals surface area (Å²) in [4.78, 5) is 0. The van der Waals surface area contributed by atoms with E-state index in [1.807, 2.05) is 18.2 Å². The fourth-order valence-electron chi connectivity index (χ4n) is 5.53. The second kappa shape index (κ2) is 4.08. The van der Waals surface area contributed by atoms with Crippen LogP contribution in [-0.4, -0.2) is 9.43 Å². The van der Waals surface area contributed by atoms with E-state index in [4.69, 9.17) is 0 Å². The maximum Gasteiger partial charge on any atom is 0.0846 e. The summed E-state index contributed by atoms with van der Waals surface area (Å²) >= 11 is 4.02. The first kappa shape index (κ1) is 12.4. The van der Waals surface area contributed by atoms with Crippen molar-refractivity contribution in [3.8, 4) is 0 Å². The second-order valence-electron chi connectivity index (χ2n) is 7.29. The van der Waals surface area contributed by atoms with E-state index in [1.165, 1.54) is 32.1 Å². The Morgan fingerprint density at radius 3 is 2.26 bits per heavy atom. The van der Waals surface area contributed by atoms with Gasteiger partial charge in [0.05, 0.1) is 6.10 Å². The summed E-state index contributed by atoms with van der Waals surface area (Å²) in [6.07, 6.45) is 7.38. The molecule has 19 heavy (non-hydrogen) atoms. The third-order valence-electron chi connectivity index (χ3n) is 5.73. The maximum atomic E-state index is 11.0. The highest BCUT2D eigenvalue weighted by Crippen LogP contribution is 2.67. The Morgan fingerprint density at radius 2 is 1.68 bits per heavy atom. The predicted octanol–water partition coefficient (Wildman–Crippen LogP) is 4.45. The van der Waals surface area contributed by atoms with E-state index >= 15 is 0 Å². The SMILES string of the molecule is OC(c1ccccc1)C12CC3CC(CC(Br)(C3)C1)C2. The number of rotatable bonds is 2. The zero-order valence-electron chi connectivity index (χ0n) is 11.2. The molecular formula is C17H21BrO. The van der Waals surface area contributed by atoms with Gasteiger partial charge in [0.15, 0.2) is 0 Å². The van der Waals surface area contributed by atoms with Crippen molar-refractivity contribution in [3.05, 3.63) is 35.9 Å². The Kier molecular flexibility index (Phi) is 2.66. The molecule has 0 heterocycles. The van der Waals surface area contributed by atoms with Gasteiger partial charge in [-0.1, -0.05) is 46.3 Å². The van der Waals surface area contributed by atoms with Gasteiger partial charge in [0.2, 0.25) is 0 Å². The van der Waals surface area contributed by atoms with Crippen LogP contribution < -0.4 is 0 Å². The van der Waals surface area contributed by atoms with Crippen molar-refractivity contribution < 1.29 is 5.11 Å². The van der Waals surface area contributed by atoms with Gasteiger partial charge < -0.3 is 5.11 Å². The minimum Gasteiger partial charge on any atom is -0.388 e. The fraction of sp³-hybridized carbons (Fsp3) is 0.647. The van der Waals surface area contributed by atoms with Crippen LogP contribution in [0.5, 0.6) is 0 Å². The van der Waals surface area contributed by atoms with Gasteiger partial charge in [0, 0.05) is 9.74 Å². The summed E-state index contributed by atoms with van der Waals surface area (Å²) in [5.74, 6) is 1.66. The lowest BCUT2D eigenvalue weighted by molar-refractivity contribution is -0.110. The van der Waals surface area contributed by atoms with Crippen molar-refractivity contribution in [1.29, 1.82) is 0 Å². The first-order valence-electron chi connectivity index (χ1n) is 7.51. The smallest absolute Gasteiger partial charge is 0.0846 e. The molecule has 4 bridgehead atoms. The largest absolute Gasteiger partial charge is 0.388 e. The summed E-state index contributed by atoms with van der Waals surface area (Å²) in [6, 6.07) is 10.3. The van der Waals surface area contributed by atoms with Gasteiger partial charge in [-0.3, -0.25) is 0 Å². The molecule has 1 aromatic carbocycles. The average Bonchev–Trinajstić information content (AvgIpc) is 2.36. The number of hydrogen-bond acceptors (Lipinski definition) is 1. The quantitative estimate of drug-likeness (QED) is 0.798. The summed E-state index contributed by atoms with van der Waals surface area (Å²) in [5.41, 5.74) is 1.25. The van der Waals surface area contributed by atoms with Crippen LogP contribution in [0.3, 0.4) is 0 Å². The number of alkyl halides is 1. The molecule has 4 aliphatic carbocycles. The topological polar surface area (TPSA) is 20.2 Å². The minimum absolute atomic E-state index is 0.134. The molecule has 1 aromatic rings. The molecule has 0 spiro atoms. The highest BCUT2D eigenvalue weighted by atomic mass is 79.9. The predicted molar refractivity (Wildman–Crippen MR) is 80.2 cm³/mol. The van der Waals surface area contributed by atoms with Crippen molar-refractivity contribution in [1.82, 2.24) is 0 Å². The molecule has 2 heteroatoms. The first-order valence-corrected chi connectivity index (χ1v) is 8.30. The van der Waals surface area contributed by atoms with Crippen molar-refractivity contribution >= 4 is 15.9 Å². The van der Waals surface area contributed by atoms with Crippen LogP contribution >= 0.6 is 15.9 Å². The molecule has 0 radical (unpaired) electrons. The van der Waals surface area contributed by atoms with E-state index in [1.54, 1.807) is 0 Å². The highest BCUT2D eigenvalue weighted by molar-refractivity contribution is 9.10. The Balaban J connectivity index is 1.70. The molecule has 1 nitrogen and oxygen atoms in total. The molecular weight excluding hydrogens is 300 g/mol. The van der Waals surface area contributed by atoms with Crippen molar-refractivity contribution in [2.24, 2.45) is 17.3 Å². The fourth-order valence-corrected chi connectivity index (χ4v) is 7.00. The zero-order valence-corrected chi connectivity index (χ0v) is 12.8. The monoisotopic (exact) mass is 320 g/mol. The molecule has 4 saturated carbocycles. The summed E-state index contributed by atoms with van der Waals surface area (Å²) < 4.78 is 0.326. The van der Waals surface area contributed by atoms with Gasteiger partial charge in [-0.25, -0.2) is 0 Å². The van der Waals surface area contributed by atoms with Gasteiger partial charge in [0.25, 0.3) is 0 Å². The lowest BCUT2D eigenvalue weighted by Crippen LogP contribution is -2.54. The summed E-state index contributed by atoms with van der Waals surface area (Å²) in [6.45, 7) is 0. The van der Waals surface area contributed by atoms with E-state index < -0.39 is 0 Å². The van der Waals surface area contributed by atoms with Gasteiger partial charge in [-0.05, 0) is 55.9 Å². The van der Waals surface area contributed by atoms with E-state index in [0.717, 1.165) is 23.8 Å². The standard InChI is InChI=1S/C17H21BrO/c18-17-9-12-6-13(10-17)8-16(7-12,11-17)15(19)14-4-2-1-3-5-14/h1-5,12-13,15,19H,6-11H2. The molecule has 0 saturated heterocycles. The van der Waals surface area contributed by atoms with E-state index in [2.05, 4.69) is 28.1 Å². The van der Waals surface area contributed by atoms with Gasteiger partial charge in [-0.15, -0.1) is 0 Å². The summed E-state index contributed by atoms with van der Waals surface area (Å²) in [7, 11) is 0. The van der Waals surface area contributed by atoms with Crippen molar-refractivity contribution in [3.63, 3.8) is 0 Å². The Hall–Kier alpha value is -0.340. The normalized spacial score (nSPS) is 45.4. The Labute approximate surface area is 123 Å². The van der Waals surface area contributed by atoms with Crippen LogP contribution in [-0.2, 0) is 0 Å². The Bertz CT molecular complexity index is 469. The van der Waals surface area contributed by atoms with Crippen molar-refractivity contribution in [2.75, 3.05) is 0 Å². The minimum atomic E-state index is -0.281. The van der Waals surface area contributed by atoms with Crippen LogP contribution in [0.15, 0.2) is 30.3 Å². The van der Waals surface area contributed by atoms with Gasteiger partial charge in [-0.2, -0.15) is 0 Å². The molecule has 4 aliphatic rings. The number of halogens is 1. The van der Waals surface area contributed by atoms with Crippen LogP contribution in [0.1, 0.15) is 50.2 Å². The number of hydrogen-bond donors (Lipinski definition) is 1. The number of benzene rings is 1. The number of aliphatic hydroxyl groups excluding tert-OH is 1. The average molecular weight is 321 g/mol. The van der Waals surface area contributed by atoms with Crippen LogP contribution in [0.2, 0.25) is 0 Å². The van der Waals surface area contributed by atoms with Gasteiger partial charge in [0.1, 0.15) is 0 Å². The van der Waals surface area contributed by atoms with Crippen LogP contribution in [0, 0.1) is 17.3 Å². The lowest BCUT2D eigenvalue weighted by atomic mass is 9.47. The van der Waals surface area contributed by atoms with E-state index in [-0.39, 0.29) is 11.5 Å². The molecule has 3 unspecified atom stereocenters. The maximum absolute atomic E-state index is 11.0. The molecule has 3 atom stereocenters. The third kappa shape index (κ3) is 1.91. The van der Waals surface area contributed by atoms with Crippen LogP contribution in [0.25, 0.3) is 0 Å². The Morgan fingerprint density at radius 1 is 1.05 bits per heavy atom. The third-order valence-corrected chi connectivity index (χ3v) is 6.66. The van der Waals surface area contributed by atoms with E-state index in [9.17, 15) is 5.11 Å². The second-order valence-corrected chi connectivity index (χ2v) is 8.97. The zero-order chi connectivity index (χ0) is 13.1. The highest BCUT2D eigenvalue weighted by Gasteiger charge is 2.59. The molecule has 5 rings (SSSR count). The van der Waals surface area contributed by atoms with Crippen molar-refractivity contribution in [2.45, 2.75) is 49.0 Å². The van der Waals surface area contributed by atoms with E-state index in [0.29, 0.717) is 4.32 Å². The van der Waals surface area contributed by atoms with Crippen LogP contribution in [0.4, 0.5) is 0 Å². The summed E-state index contributed by atoms with van der Waals surface area (Å²) in [5, 5.41) is 11.0. The molecule has 4 fully saturated rings. The molecule has 102 valence electrons. The number of aliphatic hydroxyl groups is 1. The molecule has 1 N–H and O–H groups in total. The van der Waals surface area contributed by atoms with Gasteiger partial charge >= 0.3 is 0 Å². The molecule has 0 aliphatic heterocycles. The molecule has 0 amide bonds.